The zero-order valence-corrected chi connectivity index (χ0v) is 36.4. The molecule has 0 bridgehead atoms. The van der Waals surface area contributed by atoms with Crippen LogP contribution >= 0.6 is 11.8 Å². The van der Waals surface area contributed by atoms with E-state index in [-0.39, 0.29) is 37.8 Å². The molecule has 0 radical (unpaired) electrons. The summed E-state index contributed by atoms with van der Waals surface area (Å²) in [6.45, 7) is 26.2. The van der Waals surface area contributed by atoms with Gasteiger partial charge in [0.1, 0.15) is 5.65 Å². The molecule has 0 unspecified atom stereocenters. The average molecular weight is 913 g/mol. The van der Waals surface area contributed by atoms with Gasteiger partial charge in [-0.3, -0.25) is 0 Å². The van der Waals surface area contributed by atoms with E-state index in [4.69, 9.17) is 14.7 Å². The summed E-state index contributed by atoms with van der Waals surface area (Å²) in [5.41, 5.74) is 12.4. The first kappa shape index (κ1) is 34.8. The van der Waals surface area contributed by atoms with E-state index in [2.05, 4.69) is 134 Å². The normalized spacial score (nSPS) is 22.4. The van der Waals surface area contributed by atoms with Crippen LogP contribution in [0.3, 0.4) is 0 Å². The minimum Gasteiger partial charge on any atom is -0.503 e. The van der Waals surface area contributed by atoms with Gasteiger partial charge in [0, 0.05) is 36.3 Å². The van der Waals surface area contributed by atoms with Gasteiger partial charge < -0.3 is 14.3 Å². The van der Waals surface area contributed by atoms with E-state index in [0.717, 1.165) is 60.7 Å². The molecule has 54 heavy (non-hydrogen) atoms. The number of rotatable bonds is 4. The number of hydrogen-bond donors (Lipinski definition) is 0. The van der Waals surface area contributed by atoms with E-state index >= 15 is 0 Å². The summed E-state index contributed by atoms with van der Waals surface area (Å²) in [6.07, 6.45) is 0.231. The van der Waals surface area contributed by atoms with Crippen molar-refractivity contribution in [2.75, 3.05) is 0 Å². The number of nitrogens with zero attached hydrogens (tertiary/aromatic N) is 3. The molecule has 0 amide bonds. The van der Waals surface area contributed by atoms with E-state index in [1.807, 2.05) is 26.1 Å². The molecule has 6 aromatic rings. The Labute approximate surface area is 342 Å². The number of ether oxygens (including phenoxy) is 1. The third kappa shape index (κ3) is 5.20. The Morgan fingerprint density at radius 2 is 1.67 bits per heavy atom. The first-order chi connectivity index (χ1) is 25.7. The van der Waals surface area contributed by atoms with Crippen molar-refractivity contribution in [2.45, 2.75) is 116 Å². The van der Waals surface area contributed by atoms with Crippen molar-refractivity contribution in [3.8, 4) is 17.2 Å². The molecule has 9 rings (SSSR count). The Hall–Kier alpha value is -3.66. The first-order valence-electron chi connectivity index (χ1n) is 19.9. The Bertz CT molecular complexity index is 2700. The number of benzene rings is 4. The van der Waals surface area contributed by atoms with Gasteiger partial charge in [-0.25, -0.2) is 4.98 Å². The summed E-state index contributed by atoms with van der Waals surface area (Å²) in [5.74, 6) is 1.46. The van der Waals surface area contributed by atoms with Crippen molar-refractivity contribution in [1.82, 2.24) is 9.55 Å². The monoisotopic (exact) mass is 912 g/mol. The van der Waals surface area contributed by atoms with Crippen molar-refractivity contribution in [2.24, 2.45) is 4.99 Å². The van der Waals surface area contributed by atoms with Gasteiger partial charge in [0.2, 0.25) is 0 Å². The quantitative estimate of drug-likeness (QED) is 0.165. The number of aliphatic imine (C=N–C) groups is 1. The molecule has 0 saturated heterocycles. The average Bonchev–Trinajstić information content (AvgIpc) is 3.64. The third-order valence-electron chi connectivity index (χ3n) is 12.4. The molecule has 2 aliphatic heterocycles. The standard InChI is InChI=1S/C48H49N3OS.Pt/c1-26(2)30-19-31(44-50-47(11)25-36-29(5)27(3)15-16-37(36)48(47,12)53-44)21-33(20-30)52-41-24-40-38(18-28(41)4)46(9,10)39-23-32(45(6,7)8)22-35-34-14-13-17-49-43(34)51(40)42(35)39;/h13-20,22-23,26H,25H2,1-12H3;/q-2;+2/t47-,48+;/m1./s1/i25D2;. The van der Waals surface area contributed by atoms with Crippen molar-refractivity contribution in [3.05, 3.63) is 129 Å². The molecule has 2 aromatic heterocycles. The fourth-order valence-electron chi connectivity index (χ4n) is 8.63. The predicted octanol–water partition coefficient (Wildman–Crippen LogP) is 12.3. The fourth-order valence-corrected chi connectivity index (χ4v) is 10.0. The maximum Gasteiger partial charge on any atom is 2.00 e. The number of aromatic nitrogens is 2. The van der Waals surface area contributed by atoms with Gasteiger partial charge in [0.25, 0.3) is 0 Å². The molecule has 4 heterocycles. The molecule has 278 valence electrons. The van der Waals surface area contributed by atoms with Crippen LogP contribution in [0.2, 0.25) is 0 Å². The van der Waals surface area contributed by atoms with E-state index in [1.54, 1.807) is 11.8 Å². The molecular formula is C48H49N3OPtS. The minimum absolute atomic E-state index is 0. The summed E-state index contributed by atoms with van der Waals surface area (Å²) in [7, 11) is 0. The smallest absolute Gasteiger partial charge is 0.503 e. The Balaban J connectivity index is 0.00000441. The maximum absolute atomic E-state index is 9.50. The van der Waals surface area contributed by atoms with Crippen LogP contribution in [0, 0.1) is 32.9 Å². The molecule has 0 saturated carbocycles. The Morgan fingerprint density at radius 3 is 2.39 bits per heavy atom. The summed E-state index contributed by atoms with van der Waals surface area (Å²) >= 11 is 1.65. The second kappa shape index (κ2) is 12.2. The second-order valence-electron chi connectivity index (χ2n) is 17.7. The van der Waals surface area contributed by atoms with Crippen LogP contribution in [-0.2, 0) is 43.0 Å². The molecule has 0 fully saturated rings. The largest absolute Gasteiger partial charge is 2.00 e. The topological polar surface area (TPSA) is 39.4 Å². The molecule has 2 atom stereocenters. The van der Waals surface area contributed by atoms with E-state index < -0.39 is 16.7 Å². The van der Waals surface area contributed by atoms with Crippen LogP contribution < -0.4 is 4.74 Å². The van der Waals surface area contributed by atoms with E-state index in [9.17, 15) is 2.74 Å². The molecule has 0 spiro atoms. The van der Waals surface area contributed by atoms with Crippen molar-refractivity contribution >= 4 is 38.7 Å². The van der Waals surface area contributed by atoms with Gasteiger partial charge >= 0.3 is 21.1 Å². The second-order valence-corrected chi connectivity index (χ2v) is 19.1. The summed E-state index contributed by atoms with van der Waals surface area (Å²) in [5, 5.41) is 3.13. The van der Waals surface area contributed by atoms with Crippen LogP contribution in [0.4, 0.5) is 0 Å². The number of pyridine rings is 1. The van der Waals surface area contributed by atoms with Crippen molar-refractivity contribution in [3.63, 3.8) is 0 Å². The minimum atomic E-state index is -1.64. The zero-order valence-electron chi connectivity index (χ0n) is 35.3. The molecule has 6 heteroatoms. The SMILES string of the molecule is [2H]C1([2H])c2c(ccc(C)c2C)[C@]2(C)SC(c3[c-]c(Oc4[c-]c5c(cc4C)C(C)(C)c4cc(C(C)(C)C)cc6c7cccnc7n-5c46)cc(C(C)C)c3)=N[C@]12C.[Pt+2]. The van der Waals surface area contributed by atoms with Crippen LogP contribution in [0.25, 0.3) is 27.6 Å². The third-order valence-corrected chi connectivity index (χ3v) is 13.9. The predicted molar refractivity (Wildman–Crippen MR) is 222 cm³/mol. The summed E-state index contributed by atoms with van der Waals surface area (Å²) < 4.78 is 27.6. The Kier molecular flexibility index (Phi) is 7.84. The molecule has 4 aromatic carbocycles. The zero-order chi connectivity index (χ0) is 39.4. The fraction of sp³-hybridized carbons (Fsp3) is 0.375. The van der Waals surface area contributed by atoms with Crippen LogP contribution in [-0.4, -0.2) is 20.1 Å². The maximum atomic E-state index is 9.50. The van der Waals surface area contributed by atoms with Crippen molar-refractivity contribution in [1.29, 1.82) is 0 Å². The van der Waals surface area contributed by atoms with Gasteiger partial charge in [0.15, 0.2) is 0 Å². The molecule has 4 nitrogen and oxygen atoms in total. The first-order valence-corrected chi connectivity index (χ1v) is 19.7. The van der Waals surface area contributed by atoms with Crippen LogP contribution in [0.1, 0.15) is 127 Å². The number of fused-ring (bicyclic) bond motifs is 8. The number of thioether (sulfide) groups is 1. The summed E-state index contributed by atoms with van der Waals surface area (Å²) in [6, 6.07) is 27.1. The molecule has 3 aliphatic rings. The number of aryl methyl sites for hydroxylation is 2. The molecule has 1 aliphatic carbocycles. The molecule has 0 N–H and O–H groups in total. The Morgan fingerprint density at radius 1 is 0.907 bits per heavy atom. The van der Waals surface area contributed by atoms with Crippen molar-refractivity contribution < 1.29 is 28.5 Å². The van der Waals surface area contributed by atoms with Gasteiger partial charge in [-0.1, -0.05) is 91.4 Å². The van der Waals surface area contributed by atoms with Crippen LogP contribution in [0.5, 0.6) is 11.5 Å². The van der Waals surface area contributed by atoms with Gasteiger partial charge in [-0.2, -0.15) is 6.07 Å². The van der Waals surface area contributed by atoms with Gasteiger partial charge in [-0.05, 0) is 102 Å². The summed E-state index contributed by atoms with van der Waals surface area (Å²) in [4.78, 5) is 10.2. The molecular weight excluding hydrogens is 862 g/mol. The number of hydrogen-bond acceptors (Lipinski definition) is 4. The van der Waals surface area contributed by atoms with E-state index in [0.29, 0.717) is 11.5 Å². The van der Waals surface area contributed by atoms with E-state index in [1.165, 1.54) is 27.6 Å². The van der Waals surface area contributed by atoms with Crippen LogP contribution in [0.15, 0.2) is 65.8 Å². The van der Waals surface area contributed by atoms with Gasteiger partial charge in [-0.15, -0.1) is 46.1 Å². The van der Waals surface area contributed by atoms with Gasteiger partial charge in [0.05, 0.1) is 15.8 Å².